The van der Waals surface area contributed by atoms with Crippen LogP contribution in [0.1, 0.15) is 12.0 Å². The number of pyridine rings is 1. The SMILES string of the molecule is N#CCC(=O)Nc1nc2ccc(-c3cc(F)ccc3C#N)cn2n1. The van der Waals surface area contributed by atoms with Gasteiger partial charge in [-0.15, -0.1) is 5.10 Å². The molecule has 0 fully saturated rings. The first-order valence-corrected chi connectivity index (χ1v) is 6.84. The maximum absolute atomic E-state index is 13.5. The van der Waals surface area contributed by atoms with E-state index in [9.17, 15) is 9.18 Å². The second-order valence-electron chi connectivity index (χ2n) is 4.84. The van der Waals surface area contributed by atoms with Gasteiger partial charge in [-0.25, -0.2) is 8.91 Å². The van der Waals surface area contributed by atoms with Crippen LogP contribution in [0.25, 0.3) is 16.8 Å². The molecule has 1 aromatic carbocycles. The van der Waals surface area contributed by atoms with Crippen LogP contribution in [-0.2, 0) is 4.79 Å². The van der Waals surface area contributed by atoms with E-state index in [1.807, 2.05) is 6.07 Å². The van der Waals surface area contributed by atoms with Gasteiger partial charge in [0.25, 0.3) is 0 Å². The fourth-order valence-electron chi connectivity index (χ4n) is 2.19. The Bertz CT molecular complexity index is 1030. The first kappa shape index (κ1) is 15.1. The normalized spacial score (nSPS) is 10.1. The number of fused-ring (bicyclic) bond motifs is 1. The fourth-order valence-corrected chi connectivity index (χ4v) is 2.19. The van der Waals surface area contributed by atoms with Gasteiger partial charge in [-0.2, -0.15) is 15.5 Å². The molecule has 0 aliphatic carbocycles. The molecular formula is C16H9FN6O. The number of rotatable bonds is 3. The Balaban J connectivity index is 2.01. The summed E-state index contributed by atoms with van der Waals surface area (Å²) in [4.78, 5) is 15.5. The van der Waals surface area contributed by atoms with E-state index >= 15 is 0 Å². The molecule has 2 aromatic heterocycles. The average molecular weight is 320 g/mol. The van der Waals surface area contributed by atoms with Gasteiger partial charge in [0.1, 0.15) is 12.2 Å². The number of amides is 1. The molecule has 116 valence electrons. The van der Waals surface area contributed by atoms with Crippen LogP contribution in [0.3, 0.4) is 0 Å². The number of carbonyl (C=O) groups excluding carboxylic acids is 1. The third kappa shape index (κ3) is 2.89. The summed E-state index contributed by atoms with van der Waals surface area (Å²) in [6.07, 6.45) is 1.29. The number of aromatic nitrogens is 3. The summed E-state index contributed by atoms with van der Waals surface area (Å²) in [5.74, 6) is -0.898. The van der Waals surface area contributed by atoms with Crippen LogP contribution in [0.4, 0.5) is 10.3 Å². The van der Waals surface area contributed by atoms with Gasteiger partial charge in [-0.1, -0.05) is 0 Å². The highest BCUT2D eigenvalue weighted by Crippen LogP contribution is 2.24. The van der Waals surface area contributed by atoms with E-state index in [0.29, 0.717) is 22.3 Å². The summed E-state index contributed by atoms with van der Waals surface area (Å²) in [7, 11) is 0. The highest BCUT2D eigenvalue weighted by atomic mass is 19.1. The molecule has 7 nitrogen and oxygen atoms in total. The Morgan fingerprint density at radius 1 is 1.29 bits per heavy atom. The summed E-state index contributed by atoms with van der Waals surface area (Å²) < 4.78 is 14.9. The molecule has 8 heteroatoms. The third-order valence-electron chi connectivity index (χ3n) is 3.23. The van der Waals surface area contributed by atoms with Crippen molar-refractivity contribution in [2.24, 2.45) is 0 Å². The summed E-state index contributed by atoms with van der Waals surface area (Å²) in [5.41, 5.74) is 1.81. The molecule has 1 amide bonds. The molecule has 1 N–H and O–H groups in total. The highest BCUT2D eigenvalue weighted by molar-refractivity contribution is 5.90. The second kappa shape index (κ2) is 6.15. The number of nitrogens with zero attached hydrogens (tertiary/aromatic N) is 5. The lowest BCUT2D eigenvalue weighted by molar-refractivity contribution is -0.115. The van der Waals surface area contributed by atoms with Crippen LogP contribution in [0, 0.1) is 28.5 Å². The van der Waals surface area contributed by atoms with Gasteiger partial charge >= 0.3 is 0 Å². The van der Waals surface area contributed by atoms with E-state index in [1.165, 1.54) is 22.7 Å². The minimum Gasteiger partial charge on any atom is -0.292 e. The number of anilines is 1. The lowest BCUT2D eigenvalue weighted by Crippen LogP contribution is -2.11. The van der Waals surface area contributed by atoms with Crippen molar-refractivity contribution < 1.29 is 9.18 Å². The average Bonchev–Trinajstić information content (AvgIpc) is 2.96. The van der Waals surface area contributed by atoms with Gasteiger partial charge in [-0.05, 0) is 30.3 Å². The summed E-state index contributed by atoms with van der Waals surface area (Å²) >= 11 is 0. The van der Waals surface area contributed by atoms with Gasteiger partial charge in [0.15, 0.2) is 5.65 Å². The van der Waals surface area contributed by atoms with Crippen molar-refractivity contribution >= 4 is 17.5 Å². The number of nitrogens with one attached hydrogen (secondary N) is 1. The zero-order chi connectivity index (χ0) is 17.1. The molecule has 3 aromatic rings. The third-order valence-corrected chi connectivity index (χ3v) is 3.23. The minimum absolute atomic E-state index is 0.0622. The van der Waals surface area contributed by atoms with Gasteiger partial charge in [-0.3, -0.25) is 10.1 Å². The molecule has 2 heterocycles. The van der Waals surface area contributed by atoms with Crippen molar-refractivity contribution in [1.29, 1.82) is 10.5 Å². The van der Waals surface area contributed by atoms with Crippen LogP contribution in [0.5, 0.6) is 0 Å². The monoisotopic (exact) mass is 320 g/mol. The molecule has 0 aliphatic heterocycles. The van der Waals surface area contributed by atoms with Crippen LogP contribution < -0.4 is 5.32 Å². The number of nitriles is 2. The van der Waals surface area contributed by atoms with E-state index < -0.39 is 11.7 Å². The predicted octanol–water partition coefficient (Wildman–Crippen LogP) is 2.26. The Morgan fingerprint density at radius 2 is 2.12 bits per heavy atom. The zero-order valence-corrected chi connectivity index (χ0v) is 12.2. The Morgan fingerprint density at radius 3 is 2.88 bits per heavy atom. The molecule has 0 saturated carbocycles. The first-order valence-electron chi connectivity index (χ1n) is 6.84. The van der Waals surface area contributed by atoms with E-state index in [0.717, 1.165) is 0 Å². The number of hydrogen-bond donors (Lipinski definition) is 1. The van der Waals surface area contributed by atoms with E-state index in [2.05, 4.69) is 15.4 Å². The summed E-state index contributed by atoms with van der Waals surface area (Å²) in [5, 5.41) is 24.1. The number of halogens is 1. The van der Waals surface area contributed by atoms with Crippen LogP contribution in [0.2, 0.25) is 0 Å². The second-order valence-corrected chi connectivity index (χ2v) is 4.84. The van der Waals surface area contributed by atoms with Crippen molar-refractivity contribution in [3.05, 3.63) is 47.9 Å². The molecule has 0 atom stereocenters. The largest absolute Gasteiger partial charge is 0.292 e. The van der Waals surface area contributed by atoms with Gasteiger partial charge in [0.2, 0.25) is 11.9 Å². The van der Waals surface area contributed by atoms with Gasteiger partial charge in [0, 0.05) is 17.3 Å². The van der Waals surface area contributed by atoms with Crippen LogP contribution >= 0.6 is 0 Å². The minimum atomic E-state index is -0.509. The van der Waals surface area contributed by atoms with E-state index in [4.69, 9.17) is 10.5 Å². The van der Waals surface area contributed by atoms with Crippen molar-refractivity contribution in [2.45, 2.75) is 6.42 Å². The molecule has 0 bridgehead atoms. The van der Waals surface area contributed by atoms with Crippen LogP contribution in [-0.4, -0.2) is 20.5 Å². The molecule has 0 spiro atoms. The molecule has 0 unspecified atom stereocenters. The van der Waals surface area contributed by atoms with Gasteiger partial charge < -0.3 is 0 Å². The first-order chi connectivity index (χ1) is 11.6. The quantitative estimate of drug-likeness (QED) is 0.796. The standard InChI is InChI=1S/C16H9FN6O/c17-12-3-1-10(8-19)13(7-12)11-2-4-14-20-16(22-23(14)9-11)21-15(24)5-6-18/h1-4,7,9H,5H2,(H,21,22,24). The lowest BCUT2D eigenvalue weighted by atomic mass is 10.0. The highest BCUT2D eigenvalue weighted by Gasteiger charge is 2.11. The predicted molar refractivity (Wildman–Crippen MR) is 82.0 cm³/mol. The molecule has 24 heavy (non-hydrogen) atoms. The Hall–Kier alpha value is -3.78. The van der Waals surface area contributed by atoms with E-state index in [1.54, 1.807) is 24.4 Å². The topological polar surface area (TPSA) is 107 Å². The summed E-state index contributed by atoms with van der Waals surface area (Å²) in [6.45, 7) is 0. The maximum Gasteiger partial charge on any atom is 0.249 e. The van der Waals surface area contributed by atoms with Crippen LogP contribution in [0.15, 0.2) is 36.5 Å². The van der Waals surface area contributed by atoms with E-state index in [-0.39, 0.29) is 12.4 Å². The number of hydrogen-bond acceptors (Lipinski definition) is 5. The lowest BCUT2D eigenvalue weighted by Gasteiger charge is -2.04. The Labute approximate surface area is 135 Å². The van der Waals surface area contributed by atoms with Crippen molar-refractivity contribution in [3.63, 3.8) is 0 Å². The fraction of sp³-hybridized carbons (Fsp3) is 0.0625. The smallest absolute Gasteiger partial charge is 0.249 e. The number of benzene rings is 1. The molecule has 0 saturated heterocycles. The summed E-state index contributed by atoms with van der Waals surface area (Å²) in [6, 6.07) is 11.0. The molecule has 3 rings (SSSR count). The molecule has 0 aliphatic rings. The number of carbonyl (C=O) groups is 1. The van der Waals surface area contributed by atoms with Crippen molar-refractivity contribution in [1.82, 2.24) is 14.6 Å². The molecule has 0 radical (unpaired) electrons. The zero-order valence-electron chi connectivity index (χ0n) is 12.2. The maximum atomic E-state index is 13.5. The van der Waals surface area contributed by atoms with Gasteiger partial charge in [0.05, 0.1) is 17.7 Å². The van der Waals surface area contributed by atoms with Crippen molar-refractivity contribution in [2.75, 3.05) is 5.32 Å². The Kier molecular flexibility index (Phi) is 3.87. The van der Waals surface area contributed by atoms with Crippen molar-refractivity contribution in [3.8, 4) is 23.3 Å². The molecular weight excluding hydrogens is 311 g/mol.